The van der Waals surface area contributed by atoms with Gasteiger partial charge in [-0.25, -0.2) is 0 Å². The van der Waals surface area contributed by atoms with Crippen molar-refractivity contribution >= 4 is 86.5 Å². The largest absolute Gasteiger partial charge is 0.368 e. The molecular weight excluding hydrogens is 537 g/mol. The van der Waals surface area contributed by atoms with Gasteiger partial charge in [-0.15, -0.1) is 0 Å². The van der Waals surface area contributed by atoms with Gasteiger partial charge in [-0.2, -0.15) is 0 Å². The van der Waals surface area contributed by atoms with Crippen molar-refractivity contribution in [1.29, 1.82) is 0 Å². The number of nitrogens with two attached hydrogens (primary N) is 4. The number of hydrogen-bond acceptors (Lipinski definition) is 13. The monoisotopic (exact) mass is 562 g/mol. The summed E-state index contributed by atoms with van der Waals surface area (Å²) >= 11 is 0. The zero-order valence-corrected chi connectivity index (χ0v) is 21.3. The van der Waals surface area contributed by atoms with Crippen LogP contribution in [0.25, 0.3) is 0 Å². The Morgan fingerprint density at radius 2 is 1.00 bits per heavy atom. The average molecular weight is 563 g/mol. The van der Waals surface area contributed by atoms with Crippen LogP contribution in [0.4, 0.5) is 0 Å². The molecule has 14 nitrogen and oxygen atoms in total. The molecule has 0 fully saturated rings. The zero-order chi connectivity index (χ0) is 25.2. The summed E-state index contributed by atoms with van der Waals surface area (Å²) in [5, 5.41) is 9.54. The lowest BCUT2D eigenvalue weighted by Gasteiger charge is -2.17. The van der Waals surface area contributed by atoms with E-state index >= 15 is 0 Å². The van der Waals surface area contributed by atoms with Gasteiger partial charge < -0.3 is 44.2 Å². The summed E-state index contributed by atoms with van der Waals surface area (Å²) in [6, 6.07) is -1.83. The van der Waals surface area contributed by atoms with Gasteiger partial charge in [0.2, 0.25) is 35.4 Å². The van der Waals surface area contributed by atoms with Crippen LogP contribution in [0, 0.1) is 0 Å². The first kappa shape index (κ1) is 31.5. The Bertz CT molecular complexity index is 647. The van der Waals surface area contributed by atoms with E-state index in [0.717, 1.165) is 0 Å². The lowest BCUT2D eigenvalue weighted by atomic mass is 10.3. The molecule has 0 bridgehead atoms. The third-order valence-electron chi connectivity index (χ3n) is 3.17. The number of amides is 6. The first-order valence-electron chi connectivity index (χ1n) is 8.96. The van der Waals surface area contributed by atoms with Crippen molar-refractivity contribution in [2.75, 3.05) is 37.7 Å². The first-order chi connectivity index (χ1) is 15.6. The van der Waals surface area contributed by atoms with E-state index in [-0.39, 0.29) is 37.7 Å². The predicted molar refractivity (Wildman–Crippen MR) is 134 cm³/mol. The minimum Gasteiger partial charge on any atom is -0.368 e. The van der Waals surface area contributed by atoms with E-state index < -0.39 is 47.5 Å². The molecule has 0 aromatic heterocycles. The highest BCUT2D eigenvalue weighted by Crippen LogP contribution is 2.48. The fourth-order valence-corrected chi connectivity index (χ4v) is 10.6. The molecule has 0 aliphatic rings. The van der Waals surface area contributed by atoms with Crippen LogP contribution in [-0.2, 0) is 28.8 Å². The minimum absolute atomic E-state index is 0.184. The summed E-state index contributed by atoms with van der Waals surface area (Å²) in [7, 11) is 6.45. The van der Waals surface area contributed by atoms with E-state index in [2.05, 4.69) is 21.3 Å². The highest BCUT2D eigenvalue weighted by atomic mass is 33.8. The van der Waals surface area contributed by atoms with Crippen molar-refractivity contribution in [3.8, 4) is 0 Å². The van der Waals surface area contributed by atoms with Gasteiger partial charge in [-0.1, -0.05) is 21.6 Å². The summed E-state index contributed by atoms with van der Waals surface area (Å²) in [4.78, 5) is 68.8. The molecule has 19 heteroatoms. The van der Waals surface area contributed by atoms with Crippen LogP contribution >= 0.6 is 51.1 Å². The van der Waals surface area contributed by atoms with Gasteiger partial charge >= 0.3 is 0 Å². The molecule has 6 amide bonds. The highest BCUT2D eigenvalue weighted by molar-refractivity contribution is 9.35. The maximum absolute atomic E-state index is 12.1. The molecule has 0 aliphatic carbocycles. The maximum atomic E-state index is 12.1. The van der Waals surface area contributed by atoms with Crippen LogP contribution in [-0.4, -0.2) is 85.2 Å². The van der Waals surface area contributed by atoms with Crippen LogP contribution in [0.3, 0.4) is 0 Å². The molecule has 188 valence electrons. The van der Waals surface area contributed by atoms with Crippen molar-refractivity contribution in [1.82, 2.24) is 21.3 Å². The number of primary amides is 2. The van der Waals surface area contributed by atoms with E-state index in [1.54, 1.807) is 0 Å². The van der Waals surface area contributed by atoms with Gasteiger partial charge in [-0.3, -0.25) is 28.8 Å². The second-order valence-electron chi connectivity index (χ2n) is 5.79. The maximum Gasteiger partial charge on any atom is 0.243 e. The minimum atomic E-state index is -0.916. The van der Waals surface area contributed by atoms with Gasteiger partial charge in [0.15, 0.2) is 0 Å². The molecule has 0 saturated carbocycles. The average Bonchev–Trinajstić information content (AvgIpc) is 2.77. The molecule has 0 saturated heterocycles. The van der Waals surface area contributed by atoms with E-state index in [0.29, 0.717) is 0 Å². The fourth-order valence-electron chi connectivity index (χ4n) is 1.71. The number of hydrogen-bond donors (Lipinski definition) is 8. The van der Waals surface area contributed by atoms with Crippen LogP contribution in [0.5, 0.6) is 0 Å². The molecule has 0 radical (unpaired) electrons. The van der Waals surface area contributed by atoms with Crippen molar-refractivity contribution in [3.05, 3.63) is 0 Å². The fraction of sp³-hybridized carbons (Fsp3) is 0.571. The van der Waals surface area contributed by atoms with E-state index in [1.165, 1.54) is 51.1 Å². The molecule has 0 aromatic rings. The Morgan fingerprint density at radius 3 is 1.30 bits per heavy atom. The third kappa shape index (κ3) is 16.7. The normalized spacial score (nSPS) is 12.2. The molecular formula is C14H26N8O6S5. The molecule has 12 N–H and O–H groups in total. The van der Waals surface area contributed by atoms with E-state index in [1.807, 2.05) is 0 Å². The quantitative estimate of drug-likeness (QED) is 0.0594. The highest BCUT2D eigenvalue weighted by Gasteiger charge is 2.22. The van der Waals surface area contributed by atoms with Crippen molar-refractivity contribution in [2.45, 2.75) is 12.1 Å². The van der Waals surface area contributed by atoms with Crippen molar-refractivity contribution in [2.24, 2.45) is 22.9 Å². The lowest BCUT2D eigenvalue weighted by Crippen LogP contribution is -2.51. The lowest BCUT2D eigenvalue weighted by molar-refractivity contribution is -0.129. The molecule has 0 heterocycles. The van der Waals surface area contributed by atoms with Crippen LogP contribution in [0.2, 0.25) is 0 Å². The van der Waals surface area contributed by atoms with Crippen LogP contribution in [0.1, 0.15) is 0 Å². The molecule has 2 atom stereocenters. The van der Waals surface area contributed by atoms with Crippen LogP contribution < -0.4 is 44.2 Å². The first-order valence-corrected chi connectivity index (χ1v) is 15.4. The third-order valence-corrected chi connectivity index (χ3v) is 11.9. The van der Waals surface area contributed by atoms with Gasteiger partial charge in [0.1, 0.15) is 12.1 Å². The summed E-state index contributed by atoms with van der Waals surface area (Å²) < 4.78 is 0. The van der Waals surface area contributed by atoms with Gasteiger partial charge in [0.05, 0.1) is 26.2 Å². The Labute approximate surface area is 208 Å². The van der Waals surface area contributed by atoms with Gasteiger partial charge in [0.25, 0.3) is 0 Å². The Kier molecular flexibility index (Phi) is 18.0. The smallest absolute Gasteiger partial charge is 0.243 e. The summed E-state index contributed by atoms with van der Waals surface area (Å²) in [5.74, 6) is -3.28. The topological polar surface area (TPSA) is 255 Å². The number of rotatable bonds is 18. The van der Waals surface area contributed by atoms with E-state index in [9.17, 15) is 28.8 Å². The molecule has 0 rings (SSSR count). The number of nitrogens with one attached hydrogen (secondary N) is 4. The zero-order valence-electron chi connectivity index (χ0n) is 17.2. The molecule has 0 unspecified atom stereocenters. The summed E-state index contributed by atoms with van der Waals surface area (Å²) in [6.45, 7) is -1.31. The standard InChI is InChI=1S/C14H26N8O6S5/c15-1-11(25)21-7(13(27)19-3-9(17)23)5-29-31-33-32-30-6-8(22-12(26)2-16)14(28)20-4-10(18)24/h7-8H,1-6,15-16H2,(H2,17,23)(H2,18,24)(H,19,27)(H,20,28)(H,21,25)(H,22,26)/t7-,8-/m0/s1. The summed E-state index contributed by atoms with van der Waals surface area (Å²) in [6.07, 6.45) is 0. The predicted octanol–water partition coefficient (Wildman–Crippen LogP) is -3.60. The van der Waals surface area contributed by atoms with Crippen LogP contribution in [0.15, 0.2) is 0 Å². The van der Waals surface area contributed by atoms with E-state index in [4.69, 9.17) is 22.9 Å². The summed E-state index contributed by atoms with van der Waals surface area (Å²) in [5.41, 5.74) is 20.5. The molecule has 33 heavy (non-hydrogen) atoms. The number of carbonyl (C=O) groups is 6. The second-order valence-corrected chi connectivity index (χ2v) is 13.6. The van der Waals surface area contributed by atoms with Gasteiger partial charge in [-0.05, 0) is 29.5 Å². The molecule has 0 spiro atoms. The molecule has 0 aliphatic heterocycles. The SMILES string of the molecule is NCC(=O)N[C@@H](CSSSSSC[C@H](NC(=O)CN)C(=O)NCC(N)=O)C(=O)NCC(N)=O. The molecule has 0 aromatic carbocycles. The Hall–Kier alpha value is -1.51. The van der Waals surface area contributed by atoms with Crippen molar-refractivity contribution in [3.63, 3.8) is 0 Å². The Morgan fingerprint density at radius 1 is 0.636 bits per heavy atom. The second kappa shape index (κ2) is 18.9. The number of carbonyl (C=O) groups excluding carboxylic acids is 6. The Balaban J connectivity index is 4.43. The van der Waals surface area contributed by atoms with Gasteiger partial charge in [0, 0.05) is 11.5 Å². The van der Waals surface area contributed by atoms with Crippen molar-refractivity contribution < 1.29 is 28.8 Å².